The number of sulfonamides is 1. The van der Waals surface area contributed by atoms with Crippen LogP contribution in [0, 0.1) is 13.8 Å². The van der Waals surface area contributed by atoms with Crippen LogP contribution in [0.5, 0.6) is 0 Å². The van der Waals surface area contributed by atoms with Gasteiger partial charge in [-0.05, 0) is 50.2 Å². The van der Waals surface area contributed by atoms with Crippen LogP contribution >= 0.6 is 11.3 Å². The summed E-state index contributed by atoms with van der Waals surface area (Å²) in [5.41, 5.74) is 4.31. The number of carbonyl (C=O) groups excluding carboxylic acids is 1. The zero-order valence-corrected chi connectivity index (χ0v) is 18.2. The minimum absolute atomic E-state index is 0.0915. The van der Waals surface area contributed by atoms with E-state index in [1.807, 2.05) is 35.8 Å². The molecule has 4 rings (SSSR count). The number of carbonyl (C=O) groups is 1. The maximum absolute atomic E-state index is 12.8. The van der Waals surface area contributed by atoms with Gasteiger partial charge in [-0.2, -0.15) is 0 Å². The molecule has 0 saturated heterocycles. The highest BCUT2D eigenvalue weighted by Gasteiger charge is 2.20. The maximum atomic E-state index is 12.8. The molecule has 0 aliphatic rings. The van der Waals surface area contributed by atoms with E-state index in [2.05, 4.69) is 20.0 Å². The number of rotatable bonds is 5. The van der Waals surface area contributed by atoms with Crippen molar-refractivity contribution < 1.29 is 13.2 Å². The molecule has 0 atom stereocenters. The molecule has 2 aromatic heterocycles. The molecule has 7 nitrogen and oxygen atoms in total. The zero-order valence-electron chi connectivity index (χ0n) is 16.6. The monoisotopic (exact) mass is 440 g/mol. The van der Waals surface area contributed by atoms with E-state index in [-0.39, 0.29) is 10.5 Å². The van der Waals surface area contributed by atoms with Gasteiger partial charge in [-0.3, -0.25) is 10.1 Å². The Balaban J connectivity index is 1.63. The second kappa shape index (κ2) is 7.67. The Bertz CT molecular complexity index is 1370. The van der Waals surface area contributed by atoms with Crippen LogP contribution in [0.3, 0.4) is 0 Å². The molecule has 4 aromatic rings. The number of thiazole rings is 1. The number of nitrogens with zero attached hydrogens (tertiary/aromatic N) is 1. The summed E-state index contributed by atoms with van der Waals surface area (Å²) in [5.74, 6) is -0.412. The summed E-state index contributed by atoms with van der Waals surface area (Å²) in [6, 6.07) is 11.0. The molecule has 3 N–H and O–H groups in total. The van der Waals surface area contributed by atoms with Gasteiger partial charge in [-0.25, -0.2) is 18.1 Å². The van der Waals surface area contributed by atoms with E-state index in [9.17, 15) is 13.2 Å². The third-order valence-electron chi connectivity index (χ3n) is 5.03. The Morgan fingerprint density at radius 3 is 2.70 bits per heavy atom. The molecule has 0 saturated carbocycles. The van der Waals surface area contributed by atoms with Gasteiger partial charge in [-0.15, -0.1) is 11.3 Å². The second-order valence-corrected chi connectivity index (χ2v) is 9.58. The number of aryl methyl sites for hydroxylation is 1. The molecule has 1 amide bonds. The first-order valence-electron chi connectivity index (χ1n) is 9.18. The Morgan fingerprint density at radius 2 is 1.93 bits per heavy atom. The Morgan fingerprint density at radius 1 is 1.17 bits per heavy atom. The number of aromatic amines is 1. The van der Waals surface area contributed by atoms with E-state index >= 15 is 0 Å². The second-order valence-electron chi connectivity index (χ2n) is 6.86. The first kappa shape index (κ1) is 20.3. The van der Waals surface area contributed by atoms with Gasteiger partial charge < -0.3 is 4.98 Å². The van der Waals surface area contributed by atoms with Crippen molar-refractivity contribution in [1.82, 2.24) is 14.7 Å². The van der Waals surface area contributed by atoms with E-state index in [0.717, 1.165) is 27.7 Å². The van der Waals surface area contributed by atoms with Crippen molar-refractivity contribution in [2.24, 2.45) is 0 Å². The average Bonchev–Trinajstić information content (AvgIpc) is 3.36. The summed E-state index contributed by atoms with van der Waals surface area (Å²) in [6.45, 7) is 3.49. The lowest BCUT2D eigenvalue weighted by atomic mass is 10.1. The van der Waals surface area contributed by atoms with Crippen molar-refractivity contribution in [1.29, 1.82) is 0 Å². The molecular weight excluding hydrogens is 420 g/mol. The normalized spacial score (nSPS) is 11.7. The number of anilines is 1. The summed E-state index contributed by atoms with van der Waals surface area (Å²) < 4.78 is 26.9. The summed E-state index contributed by atoms with van der Waals surface area (Å²) in [4.78, 5) is 20.6. The van der Waals surface area contributed by atoms with E-state index in [0.29, 0.717) is 10.7 Å². The lowest BCUT2D eigenvalue weighted by Gasteiger charge is -2.12. The standard InChI is InChI=1S/C21H20N4O3S2/c1-12-8-14(9-19(13(12)2)30(27,28)22-3)20(26)25-21-24-18(11-29-21)16-10-23-17-7-5-4-6-15(16)17/h4-11,22-23H,1-3H3,(H,24,25,26). The van der Waals surface area contributed by atoms with Gasteiger partial charge >= 0.3 is 0 Å². The highest BCUT2D eigenvalue weighted by molar-refractivity contribution is 7.89. The smallest absolute Gasteiger partial charge is 0.257 e. The molecular formula is C21H20N4O3S2. The molecule has 0 spiro atoms. The number of hydrogen-bond donors (Lipinski definition) is 3. The molecule has 0 unspecified atom stereocenters. The molecule has 0 radical (unpaired) electrons. The van der Waals surface area contributed by atoms with Crippen molar-refractivity contribution >= 4 is 43.3 Å². The molecule has 30 heavy (non-hydrogen) atoms. The minimum atomic E-state index is -3.67. The third-order valence-corrected chi connectivity index (χ3v) is 7.33. The van der Waals surface area contributed by atoms with Crippen LogP contribution in [-0.2, 0) is 10.0 Å². The first-order chi connectivity index (χ1) is 14.3. The SMILES string of the molecule is CNS(=O)(=O)c1cc(C(=O)Nc2nc(-c3c[nH]c4ccccc34)cs2)cc(C)c1C. The van der Waals surface area contributed by atoms with Crippen molar-refractivity contribution in [2.75, 3.05) is 12.4 Å². The quantitative estimate of drug-likeness (QED) is 0.435. The third kappa shape index (κ3) is 3.62. The molecule has 2 heterocycles. The van der Waals surface area contributed by atoms with Gasteiger partial charge in [0, 0.05) is 33.6 Å². The van der Waals surface area contributed by atoms with E-state index < -0.39 is 15.9 Å². The van der Waals surface area contributed by atoms with Crippen LogP contribution < -0.4 is 10.0 Å². The van der Waals surface area contributed by atoms with E-state index in [4.69, 9.17) is 0 Å². The number of fused-ring (bicyclic) bond motifs is 1. The summed E-state index contributed by atoms with van der Waals surface area (Å²) >= 11 is 1.31. The Labute approximate surface area is 178 Å². The highest BCUT2D eigenvalue weighted by atomic mass is 32.2. The van der Waals surface area contributed by atoms with Gasteiger partial charge in [0.2, 0.25) is 10.0 Å². The van der Waals surface area contributed by atoms with Gasteiger partial charge in [-0.1, -0.05) is 18.2 Å². The van der Waals surface area contributed by atoms with Crippen LogP contribution in [0.25, 0.3) is 22.2 Å². The number of amides is 1. The molecule has 9 heteroatoms. The van der Waals surface area contributed by atoms with Gasteiger partial charge in [0.25, 0.3) is 5.91 Å². The summed E-state index contributed by atoms with van der Waals surface area (Å²) in [7, 11) is -2.33. The van der Waals surface area contributed by atoms with Crippen molar-refractivity contribution in [3.63, 3.8) is 0 Å². The molecule has 0 fully saturated rings. The number of nitrogens with one attached hydrogen (secondary N) is 3. The Hall–Kier alpha value is -3.01. The number of H-pyrrole nitrogens is 1. The van der Waals surface area contributed by atoms with Gasteiger partial charge in [0.05, 0.1) is 10.6 Å². The summed E-state index contributed by atoms with van der Waals surface area (Å²) in [5, 5.41) is 6.15. The van der Waals surface area contributed by atoms with Crippen molar-refractivity contribution in [3.8, 4) is 11.3 Å². The topological polar surface area (TPSA) is 104 Å². The number of hydrogen-bond acceptors (Lipinski definition) is 5. The molecule has 0 aliphatic carbocycles. The van der Waals surface area contributed by atoms with Crippen LogP contribution in [0.15, 0.2) is 52.9 Å². The zero-order chi connectivity index (χ0) is 21.5. The highest BCUT2D eigenvalue weighted by Crippen LogP contribution is 2.31. The largest absolute Gasteiger partial charge is 0.360 e. The van der Waals surface area contributed by atoms with E-state index in [1.54, 1.807) is 19.9 Å². The van der Waals surface area contributed by atoms with Crippen LogP contribution in [0.4, 0.5) is 5.13 Å². The van der Waals surface area contributed by atoms with Gasteiger partial charge in [0.15, 0.2) is 5.13 Å². The fraction of sp³-hybridized carbons (Fsp3) is 0.143. The lowest BCUT2D eigenvalue weighted by molar-refractivity contribution is 0.102. The average molecular weight is 441 g/mol. The lowest BCUT2D eigenvalue weighted by Crippen LogP contribution is -2.21. The molecule has 2 aromatic carbocycles. The van der Waals surface area contributed by atoms with Crippen molar-refractivity contribution in [3.05, 3.63) is 64.7 Å². The fourth-order valence-electron chi connectivity index (χ4n) is 3.25. The first-order valence-corrected chi connectivity index (χ1v) is 11.5. The minimum Gasteiger partial charge on any atom is -0.360 e. The van der Waals surface area contributed by atoms with Crippen LogP contribution in [-0.4, -0.2) is 31.3 Å². The maximum Gasteiger partial charge on any atom is 0.257 e. The Kier molecular flexibility index (Phi) is 5.19. The van der Waals surface area contributed by atoms with Gasteiger partial charge in [0.1, 0.15) is 0 Å². The number of para-hydroxylation sites is 1. The fourth-order valence-corrected chi connectivity index (χ4v) is 5.03. The van der Waals surface area contributed by atoms with Crippen LogP contribution in [0.1, 0.15) is 21.5 Å². The number of benzene rings is 2. The molecule has 0 aliphatic heterocycles. The predicted molar refractivity (Wildman–Crippen MR) is 120 cm³/mol. The van der Waals surface area contributed by atoms with Crippen LogP contribution in [0.2, 0.25) is 0 Å². The molecule has 154 valence electrons. The molecule has 0 bridgehead atoms. The number of aromatic nitrogens is 2. The summed E-state index contributed by atoms with van der Waals surface area (Å²) in [6.07, 6.45) is 1.89. The van der Waals surface area contributed by atoms with Crippen molar-refractivity contribution in [2.45, 2.75) is 18.7 Å². The predicted octanol–water partition coefficient (Wildman–Crippen LogP) is 4.07. The van der Waals surface area contributed by atoms with E-state index in [1.165, 1.54) is 24.5 Å².